The molecule has 0 saturated heterocycles. The van der Waals surface area contributed by atoms with Crippen molar-refractivity contribution in [2.24, 2.45) is 0 Å². The molecule has 1 amide bonds. The van der Waals surface area contributed by atoms with E-state index in [-0.39, 0.29) is 12.3 Å². The molecule has 0 aliphatic heterocycles. The molecule has 2 aromatic rings. The van der Waals surface area contributed by atoms with E-state index in [0.717, 1.165) is 0 Å². The molecule has 0 bridgehead atoms. The number of nitriles is 1. The van der Waals surface area contributed by atoms with Crippen LogP contribution in [0.15, 0.2) is 30.9 Å². The Labute approximate surface area is 108 Å². The summed E-state index contributed by atoms with van der Waals surface area (Å²) < 4.78 is 1.52. The van der Waals surface area contributed by atoms with E-state index >= 15 is 0 Å². The van der Waals surface area contributed by atoms with Crippen LogP contribution in [-0.4, -0.2) is 20.7 Å². The first-order valence-corrected chi connectivity index (χ1v) is 5.40. The van der Waals surface area contributed by atoms with Crippen LogP contribution in [0.5, 0.6) is 0 Å². The third-order valence-corrected chi connectivity index (χ3v) is 2.44. The molecule has 0 aliphatic carbocycles. The Balaban J connectivity index is 2.21. The number of amides is 1. The highest BCUT2D eigenvalue weighted by atomic mass is 35.5. The molecule has 7 heteroatoms. The Kier molecular flexibility index (Phi) is 3.55. The Morgan fingerprint density at radius 2 is 2.39 bits per heavy atom. The van der Waals surface area contributed by atoms with Gasteiger partial charge in [0.15, 0.2) is 0 Å². The van der Waals surface area contributed by atoms with Crippen LogP contribution in [0, 0.1) is 11.3 Å². The summed E-state index contributed by atoms with van der Waals surface area (Å²) in [5, 5.41) is 15.3. The van der Waals surface area contributed by atoms with Gasteiger partial charge >= 0.3 is 0 Å². The molecule has 0 aliphatic rings. The summed E-state index contributed by atoms with van der Waals surface area (Å²) in [6, 6.07) is 6.75. The van der Waals surface area contributed by atoms with Crippen molar-refractivity contribution in [2.45, 2.75) is 6.42 Å². The number of nitrogens with one attached hydrogen (secondary N) is 1. The first-order valence-electron chi connectivity index (χ1n) is 5.02. The molecule has 6 nitrogen and oxygen atoms in total. The van der Waals surface area contributed by atoms with E-state index in [0.29, 0.717) is 16.4 Å². The van der Waals surface area contributed by atoms with Gasteiger partial charge in [0.2, 0.25) is 5.91 Å². The number of hydrogen-bond acceptors (Lipinski definition) is 4. The van der Waals surface area contributed by atoms with E-state index in [2.05, 4.69) is 15.4 Å². The molecule has 0 atom stereocenters. The fraction of sp³-hybridized carbons (Fsp3) is 0.0909. The van der Waals surface area contributed by atoms with Gasteiger partial charge in [0.25, 0.3) is 0 Å². The van der Waals surface area contributed by atoms with Crippen LogP contribution in [0.25, 0.3) is 5.69 Å². The minimum atomic E-state index is -0.373. The van der Waals surface area contributed by atoms with Crippen molar-refractivity contribution in [3.63, 3.8) is 0 Å². The maximum Gasteiger partial charge on any atom is 0.238 e. The van der Waals surface area contributed by atoms with Gasteiger partial charge in [-0.25, -0.2) is 9.67 Å². The van der Waals surface area contributed by atoms with Gasteiger partial charge in [-0.3, -0.25) is 4.79 Å². The molecule has 0 radical (unpaired) electrons. The molecule has 1 heterocycles. The molecule has 1 N–H and O–H groups in total. The molecular weight excluding hydrogens is 254 g/mol. The fourth-order valence-corrected chi connectivity index (χ4v) is 1.65. The average Bonchev–Trinajstić information content (AvgIpc) is 2.82. The third-order valence-electron chi connectivity index (χ3n) is 2.14. The quantitative estimate of drug-likeness (QED) is 0.913. The van der Waals surface area contributed by atoms with Gasteiger partial charge in [-0.05, 0) is 18.2 Å². The topological polar surface area (TPSA) is 83.6 Å². The van der Waals surface area contributed by atoms with E-state index in [4.69, 9.17) is 16.9 Å². The summed E-state index contributed by atoms with van der Waals surface area (Å²) in [6.45, 7) is 0. The number of carbonyl (C=O) groups is 1. The first kappa shape index (κ1) is 12.1. The van der Waals surface area contributed by atoms with Gasteiger partial charge in [-0.1, -0.05) is 11.6 Å². The molecule has 0 spiro atoms. The van der Waals surface area contributed by atoms with Gasteiger partial charge < -0.3 is 5.32 Å². The highest BCUT2D eigenvalue weighted by Gasteiger charge is 2.06. The lowest BCUT2D eigenvalue weighted by Gasteiger charge is -2.07. The number of nitrogens with zero attached hydrogens (tertiary/aromatic N) is 4. The van der Waals surface area contributed by atoms with Gasteiger partial charge in [-0.2, -0.15) is 10.4 Å². The van der Waals surface area contributed by atoms with Crippen LogP contribution >= 0.6 is 11.6 Å². The maximum absolute atomic E-state index is 11.2. The lowest BCUT2D eigenvalue weighted by molar-refractivity contribution is -0.115. The second kappa shape index (κ2) is 5.29. The Hall–Kier alpha value is -2.39. The van der Waals surface area contributed by atoms with E-state index in [1.54, 1.807) is 24.3 Å². The van der Waals surface area contributed by atoms with Crippen LogP contribution < -0.4 is 5.32 Å². The average molecular weight is 262 g/mol. The molecule has 1 aromatic carbocycles. The van der Waals surface area contributed by atoms with Crippen LogP contribution in [-0.2, 0) is 4.79 Å². The highest BCUT2D eigenvalue weighted by Crippen LogP contribution is 2.23. The van der Waals surface area contributed by atoms with Crippen molar-refractivity contribution in [2.75, 3.05) is 5.32 Å². The number of rotatable bonds is 3. The summed E-state index contributed by atoms with van der Waals surface area (Å²) in [5.41, 5.74) is 1.19. The lowest BCUT2D eigenvalue weighted by atomic mass is 10.2. The maximum atomic E-state index is 11.2. The van der Waals surface area contributed by atoms with Crippen molar-refractivity contribution in [1.82, 2.24) is 14.8 Å². The van der Waals surface area contributed by atoms with Gasteiger partial charge in [0.1, 0.15) is 19.1 Å². The SMILES string of the molecule is N#CCC(=O)Nc1ccc(-n2cncn2)c(Cl)c1. The number of hydrogen-bond donors (Lipinski definition) is 1. The van der Waals surface area contributed by atoms with Crippen molar-refractivity contribution in [1.29, 1.82) is 5.26 Å². The van der Waals surface area contributed by atoms with E-state index in [9.17, 15) is 4.79 Å². The van der Waals surface area contributed by atoms with E-state index < -0.39 is 0 Å². The van der Waals surface area contributed by atoms with Crippen molar-refractivity contribution < 1.29 is 4.79 Å². The summed E-state index contributed by atoms with van der Waals surface area (Å²) >= 11 is 6.08. The number of halogens is 1. The molecule has 1 aromatic heterocycles. The predicted octanol–water partition coefficient (Wildman–Crippen LogP) is 1.77. The second-order valence-corrected chi connectivity index (χ2v) is 3.80. The molecular formula is C11H8ClN5O. The molecule has 90 valence electrons. The number of carbonyl (C=O) groups excluding carboxylic acids is 1. The van der Waals surface area contributed by atoms with Crippen LogP contribution in [0.2, 0.25) is 5.02 Å². The highest BCUT2D eigenvalue weighted by molar-refractivity contribution is 6.32. The second-order valence-electron chi connectivity index (χ2n) is 3.39. The predicted molar refractivity (Wildman–Crippen MR) is 65.2 cm³/mol. The summed E-state index contributed by atoms with van der Waals surface area (Å²) in [4.78, 5) is 15.1. The van der Waals surface area contributed by atoms with Crippen molar-refractivity contribution >= 4 is 23.2 Å². The normalized spacial score (nSPS) is 9.78. The minimum Gasteiger partial charge on any atom is -0.325 e. The monoisotopic (exact) mass is 261 g/mol. The molecule has 18 heavy (non-hydrogen) atoms. The van der Waals surface area contributed by atoms with Gasteiger partial charge in [0.05, 0.1) is 16.8 Å². The summed E-state index contributed by atoms with van der Waals surface area (Å²) in [6.07, 6.45) is 2.73. The summed E-state index contributed by atoms with van der Waals surface area (Å²) in [7, 11) is 0. The number of benzene rings is 1. The third kappa shape index (κ3) is 2.64. The molecule has 0 fully saturated rings. The lowest BCUT2D eigenvalue weighted by Crippen LogP contribution is -2.10. The van der Waals surface area contributed by atoms with Gasteiger partial charge in [0, 0.05) is 5.69 Å². The largest absolute Gasteiger partial charge is 0.325 e. The molecule has 0 saturated carbocycles. The standard InChI is InChI=1S/C11H8ClN5O/c12-9-5-8(16-11(18)3-4-13)1-2-10(9)17-7-14-6-15-17/h1-2,5-7H,3H2,(H,16,18). The zero-order valence-electron chi connectivity index (χ0n) is 9.17. The van der Waals surface area contributed by atoms with Crippen molar-refractivity contribution in [3.8, 4) is 11.8 Å². The van der Waals surface area contributed by atoms with Crippen LogP contribution in [0.3, 0.4) is 0 Å². The van der Waals surface area contributed by atoms with Crippen molar-refractivity contribution in [3.05, 3.63) is 35.9 Å². The number of anilines is 1. The smallest absolute Gasteiger partial charge is 0.238 e. The van der Waals surface area contributed by atoms with E-state index in [1.165, 1.54) is 17.3 Å². The zero-order chi connectivity index (χ0) is 13.0. The number of aromatic nitrogens is 3. The molecule has 0 unspecified atom stereocenters. The van der Waals surface area contributed by atoms with E-state index in [1.807, 2.05) is 0 Å². The molecule has 2 rings (SSSR count). The van der Waals surface area contributed by atoms with Crippen LogP contribution in [0.1, 0.15) is 6.42 Å². The minimum absolute atomic E-state index is 0.192. The van der Waals surface area contributed by atoms with Crippen LogP contribution in [0.4, 0.5) is 5.69 Å². The summed E-state index contributed by atoms with van der Waals surface area (Å²) in [5.74, 6) is -0.373. The zero-order valence-corrected chi connectivity index (χ0v) is 9.92. The fourth-order valence-electron chi connectivity index (χ4n) is 1.38. The Bertz CT molecular complexity index is 602. The Morgan fingerprint density at radius 1 is 1.56 bits per heavy atom. The Morgan fingerprint density at radius 3 is 3.00 bits per heavy atom. The first-order chi connectivity index (χ1) is 8.70. The van der Waals surface area contributed by atoms with Gasteiger partial charge in [-0.15, -0.1) is 0 Å².